The number of rotatable bonds is 5. The Labute approximate surface area is 192 Å². The van der Waals surface area contributed by atoms with Gasteiger partial charge in [0.2, 0.25) is 10.0 Å². The number of carbonyl (C=O) groups is 1. The number of carboxylic acid groups (broad SMARTS) is 1. The summed E-state index contributed by atoms with van der Waals surface area (Å²) in [4.78, 5) is 11.6. The summed E-state index contributed by atoms with van der Waals surface area (Å²) in [7, 11) is -3.80. The molecule has 4 atom stereocenters. The van der Waals surface area contributed by atoms with Crippen molar-refractivity contribution >= 4 is 16.0 Å². The van der Waals surface area contributed by atoms with Crippen LogP contribution >= 0.6 is 0 Å². The van der Waals surface area contributed by atoms with Gasteiger partial charge in [0.25, 0.3) is 0 Å². The zero-order valence-electron chi connectivity index (χ0n) is 18.3. The van der Waals surface area contributed by atoms with Crippen LogP contribution in [0.2, 0.25) is 0 Å². The van der Waals surface area contributed by atoms with Gasteiger partial charge in [0.1, 0.15) is 16.9 Å². The molecule has 0 saturated carbocycles. The van der Waals surface area contributed by atoms with Crippen molar-refractivity contribution in [2.75, 3.05) is 13.2 Å². The molecule has 6 nitrogen and oxygen atoms in total. The van der Waals surface area contributed by atoms with Crippen molar-refractivity contribution in [3.63, 3.8) is 0 Å². The Hall–Kier alpha value is -2.36. The Bertz CT molecular complexity index is 1130. The van der Waals surface area contributed by atoms with Crippen molar-refractivity contribution in [3.05, 3.63) is 70.8 Å². The van der Waals surface area contributed by atoms with Gasteiger partial charge in [-0.15, -0.1) is 0 Å². The second-order valence-electron chi connectivity index (χ2n) is 8.80. The summed E-state index contributed by atoms with van der Waals surface area (Å²) in [5.74, 6) is -4.26. The normalized spacial score (nSPS) is 27.8. The monoisotopic (exact) mass is 479 g/mol. The summed E-state index contributed by atoms with van der Waals surface area (Å²) in [6.07, 6.45) is 1.27. The highest BCUT2D eigenvalue weighted by Crippen LogP contribution is 2.39. The molecule has 0 aliphatic carbocycles. The summed E-state index contributed by atoms with van der Waals surface area (Å²) >= 11 is 0. The molecule has 0 amide bonds. The van der Waals surface area contributed by atoms with Crippen molar-refractivity contribution in [3.8, 4) is 0 Å². The molecule has 2 saturated heterocycles. The van der Waals surface area contributed by atoms with Crippen molar-refractivity contribution in [1.29, 1.82) is 0 Å². The molecule has 9 heteroatoms. The maximum atomic E-state index is 15.1. The Kier molecular flexibility index (Phi) is 6.83. The van der Waals surface area contributed by atoms with Gasteiger partial charge in [-0.1, -0.05) is 30.3 Å². The fourth-order valence-corrected chi connectivity index (χ4v) is 7.06. The molecule has 178 valence electrons. The lowest BCUT2D eigenvalue weighted by molar-refractivity contribution is -0.146. The van der Waals surface area contributed by atoms with Gasteiger partial charge < -0.3 is 9.84 Å². The molecule has 0 radical (unpaired) electrons. The van der Waals surface area contributed by atoms with Crippen molar-refractivity contribution in [2.24, 2.45) is 5.92 Å². The number of hydrogen-bond acceptors (Lipinski definition) is 4. The molecule has 2 aromatic carbocycles. The third-order valence-corrected chi connectivity index (χ3v) is 9.13. The fraction of sp³-hybridized carbons (Fsp3) is 0.458. The van der Waals surface area contributed by atoms with Gasteiger partial charge in [0.05, 0.1) is 12.5 Å². The Morgan fingerprint density at radius 1 is 1.12 bits per heavy atom. The van der Waals surface area contributed by atoms with E-state index in [1.54, 1.807) is 31.2 Å². The molecule has 4 rings (SSSR count). The van der Waals surface area contributed by atoms with Gasteiger partial charge in [-0.25, -0.2) is 17.2 Å². The predicted molar refractivity (Wildman–Crippen MR) is 118 cm³/mol. The van der Waals surface area contributed by atoms with Gasteiger partial charge in [0.15, 0.2) is 0 Å². The number of benzene rings is 2. The van der Waals surface area contributed by atoms with E-state index in [0.717, 1.165) is 12.1 Å². The topological polar surface area (TPSA) is 83.9 Å². The first-order valence-electron chi connectivity index (χ1n) is 11.0. The molecule has 2 aliphatic rings. The molecule has 0 aromatic heterocycles. The second-order valence-corrected chi connectivity index (χ2v) is 10.9. The van der Waals surface area contributed by atoms with E-state index in [4.69, 9.17) is 4.74 Å². The van der Waals surface area contributed by atoms with Crippen LogP contribution in [0.3, 0.4) is 0 Å². The number of halogens is 2. The van der Waals surface area contributed by atoms with Crippen LogP contribution in [-0.4, -0.2) is 43.1 Å². The van der Waals surface area contributed by atoms with Gasteiger partial charge in [-0.3, -0.25) is 4.79 Å². The summed E-state index contributed by atoms with van der Waals surface area (Å²) in [5, 5.41) is 8.72. The number of aliphatic carboxylic acids is 1. The van der Waals surface area contributed by atoms with Crippen LogP contribution in [-0.2, 0) is 26.1 Å². The van der Waals surface area contributed by atoms with Crippen molar-refractivity contribution in [1.82, 2.24) is 4.31 Å². The van der Waals surface area contributed by atoms with Gasteiger partial charge >= 0.3 is 5.97 Å². The zero-order chi connectivity index (χ0) is 23.8. The summed E-state index contributed by atoms with van der Waals surface area (Å²) < 4.78 is 63.5. The molecule has 33 heavy (non-hydrogen) atoms. The maximum absolute atomic E-state index is 15.1. The average Bonchev–Trinajstić information content (AvgIpc) is 2.79. The summed E-state index contributed by atoms with van der Waals surface area (Å²) in [6.45, 7) is 1.71. The number of hydrogen-bond donors (Lipinski definition) is 1. The van der Waals surface area contributed by atoms with Crippen LogP contribution in [0.25, 0.3) is 0 Å². The lowest BCUT2D eigenvalue weighted by atomic mass is 9.82. The largest absolute Gasteiger partial charge is 0.481 e. The van der Waals surface area contributed by atoms with E-state index in [2.05, 4.69) is 0 Å². The van der Waals surface area contributed by atoms with Crippen LogP contribution < -0.4 is 0 Å². The van der Waals surface area contributed by atoms with E-state index >= 15 is 8.78 Å². The number of ether oxygens (including phenoxy) is 1. The van der Waals surface area contributed by atoms with Gasteiger partial charge in [0, 0.05) is 30.7 Å². The van der Waals surface area contributed by atoms with E-state index in [1.165, 1.54) is 4.31 Å². The third-order valence-electron chi connectivity index (χ3n) is 6.76. The molecule has 1 N–H and O–H groups in total. The fourth-order valence-electron chi connectivity index (χ4n) is 4.87. The number of carboxylic acids is 1. The highest BCUT2D eigenvalue weighted by atomic mass is 32.2. The SMILES string of the molecule is C[C@H]1CC[C@H](c2ccccc2)S(=O)(=O)N1Cc1cc(F)c([C@H]2COCC[C@H]2C(=O)O)cc1F. The van der Waals surface area contributed by atoms with Gasteiger partial charge in [-0.2, -0.15) is 4.31 Å². The minimum absolute atomic E-state index is 0.0109. The molecule has 0 spiro atoms. The average molecular weight is 480 g/mol. The molecule has 2 aliphatic heterocycles. The number of sulfonamides is 1. The lowest BCUT2D eigenvalue weighted by Crippen LogP contribution is -2.44. The first-order chi connectivity index (χ1) is 15.7. The Morgan fingerprint density at radius 3 is 2.55 bits per heavy atom. The second kappa shape index (κ2) is 9.48. The van der Waals surface area contributed by atoms with Crippen molar-refractivity contribution < 1.29 is 31.8 Å². The molecule has 2 heterocycles. The molecule has 0 bridgehead atoms. The molecular weight excluding hydrogens is 452 g/mol. The van der Waals surface area contributed by atoms with Crippen LogP contribution in [0.4, 0.5) is 8.78 Å². The minimum atomic E-state index is -3.80. The predicted octanol–water partition coefficient (Wildman–Crippen LogP) is 4.22. The highest BCUT2D eigenvalue weighted by Gasteiger charge is 2.41. The minimum Gasteiger partial charge on any atom is -0.481 e. The molecule has 0 unspecified atom stereocenters. The van der Waals surface area contributed by atoms with Crippen LogP contribution in [0.15, 0.2) is 42.5 Å². The first kappa shape index (κ1) is 23.8. The van der Waals surface area contributed by atoms with E-state index in [0.29, 0.717) is 18.4 Å². The van der Waals surface area contributed by atoms with Crippen LogP contribution in [0.1, 0.15) is 54.0 Å². The Balaban J connectivity index is 1.63. The smallest absolute Gasteiger partial charge is 0.307 e. The number of nitrogens with zero attached hydrogens (tertiary/aromatic N) is 1. The molecular formula is C24H27F2NO5S. The van der Waals surface area contributed by atoms with Crippen molar-refractivity contribution in [2.45, 2.75) is 49.9 Å². The third kappa shape index (κ3) is 4.67. The molecule has 2 aromatic rings. The maximum Gasteiger partial charge on any atom is 0.307 e. The van der Waals surface area contributed by atoms with Gasteiger partial charge in [-0.05, 0) is 49.4 Å². The van der Waals surface area contributed by atoms with E-state index < -0.39 is 44.7 Å². The molecule has 2 fully saturated rings. The van der Waals surface area contributed by atoms with Crippen LogP contribution in [0.5, 0.6) is 0 Å². The first-order valence-corrected chi connectivity index (χ1v) is 12.5. The lowest BCUT2D eigenvalue weighted by Gasteiger charge is -2.37. The van der Waals surface area contributed by atoms with E-state index in [9.17, 15) is 18.3 Å². The van der Waals surface area contributed by atoms with E-state index in [1.807, 2.05) is 6.07 Å². The van der Waals surface area contributed by atoms with Crippen LogP contribution in [0, 0.1) is 17.6 Å². The zero-order valence-corrected chi connectivity index (χ0v) is 19.1. The summed E-state index contributed by atoms with van der Waals surface area (Å²) in [5.41, 5.74) is 0.539. The quantitative estimate of drug-likeness (QED) is 0.694. The summed E-state index contributed by atoms with van der Waals surface area (Å²) in [6, 6.07) is 10.5. The van der Waals surface area contributed by atoms with E-state index in [-0.39, 0.29) is 43.3 Å². The standard InChI is InChI=1S/C24H27F2NO5S/c1-15-7-8-23(16-5-3-2-4-6-16)33(30,31)27(15)13-17-11-22(26)19(12-21(17)25)20-14-32-10-9-18(20)24(28)29/h2-6,11-12,15,18,20,23H,7-10,13-14H2,1H3,(H,28,29)/t15-,18+,20-,23+/m0/s1. The highest BCUT2D eigenvalue weighted by molar-refractivity contribution is 7.89. The Morgan fingerprint density at radius 2 is 1.85 bits per heavy atom.